The highest BCUT2D eigenvalue weighted by Gasteiger charge is 2.44. The molecular formula is C107H134Cl4F6N18O14. The van der Waals surface area contributed by atoms with Gasteiger partial charge < -0.3 is 77.1 Å². The van der Waals surface area contributed by atoms with Crippen LogP contribution in [0, 0.1) is 0 Å². The lowest BCUT2D eigenvalue weighted by molar-refractivity contribution is -0.147. The molecule has 5 aliphatic rings. The monoisotopic (exact) mass is 2150 g/mol. The number of carbonyl (C=O) groups excluding carboxylic acids is 6. The summed E-state index contributed by atoms with van der Waals surface area (Å²) in [6.07, 6.45) is -1.89. The topological polar surface area (TPSA) is 418 Å². The second-order valence-electron chi connectivity index (χ2n) is 37.6. The number of nitrogens with two attached hydrogens (primary N) is 2. The van der Waals surface area contributed by atoms with Gasteiger partial charge in [0.15, 0.2) is 6.29 Å². The predicted octanol–water partition coefficient (Wildman–Crippen LogP) is 21.3. The number of aromatic hydroxyl groups is 2. The minimum absolute atomic E-state index is 0.0429. The minimum Gasteiger partial charge on any atom is -0.508 e. The SMILES string of the molecule is CC(C)(C)OC(=O)N1CCC[C@H](N)[C@@H]1c1ccccc1.CC(C)(C)OC(=O)N1CCC[C@H](NC(=O)OCc2ccccc2)[C@@H]1c1ccccc1.CC(C)(C)OC(=O)N1CCC[C@H](NCc2cc(-n3nnnc3C(F)(F)F)ccc2O)[C@@H]1c1ccccc1.CO.ClCCl.ClCCl.N[C@H]1CCCN[C@H]1c1ccccc1.O=C(N[C@H]1CCCN[C@H]1c1ccccc1)OCc1ccccc1.O=Cc1cc(-n2nnnc2C(F)(F)F)ccc1O. The molecule has 0 radical (unpaired) electrons. The van der Waals surface area contributed by atoms with Gasteiger partial charge >= 0.3 is 42.8 Å². The number of aromatic nitrogens is 8. The van der Waals surface area contributed by atoms with E-state index in [0.29, 0.717) is 53.5 Å². The number of piperidine rings is 5. The summed E-state index contributed by atoms with van der Waals surface area (Å²) < 4.78 is 106. The molecule has 0 aliphatic carbocycles. The molecule has 12 N–H and O–H groups in total. The Labute approximate surface area is 884 Å². The van der Waals surface area contributed by atoms with Crippen LogP contribution in [0.25, 0.3) is 11.4 Å². The number of phenols is 2. The number of aldehydes is 1. The minimum atomic E-state index is -4.74. The average molecular weight is 2150 g/mol. The molecule has 2 aromatic heterocycles. The summed E-state index contributed by atoms with van der Waals surface area (Å²) in [6, 6.07) is 76.1. The van der Waals surface area contributed by atoms with Gasteiger partial charge in [0.05, 0.1) is 63.9 Å². The number of amides is 5. The van der Waals surface area contributed by atoms with Gasteiger partial charge in [-0.25, -0.2) is 24.0 Å². The van der Waals surface area contributed by atoms with Gasteiger partial charge in [-0.05, 0) is 236 Å². The molecule has 42 heteroatoms. The third kappa shape index (κ3) is 39.9. The van der Waals surface area contributed by atoms with Gasteiger partial charge in [-0.3, -0.25) is 19.5 Å². The number of tetrazole rings is 2. The molecule has 5 amide bonds. The molecule has 0 spiro atoms. The fraction of sp³-hybridized carbons (Fsp3) is 0.421. The Hall–Kier alpha value is -12.8. The van der Waals surface area contributed by atoms with Crippen molar-refractivity contribution < 1.29 is 94.1 Å². The molecule has 5 saturated heterocycles. The van der Waals surface area contributed by atoms with E-state index >= 15 is 0 Å². The number of rotatable bonds is 17. The summed E-state index contributed by atoms with van der Waals surface area (Å²) in [4.78, 5) is 78.8. The number of phenolic OH excluding ortho intramolecular Hbond substituents is 2. The van der Waals surface area contributed by atoms with Gasteiger partial charge in [0.2, 0.25) is 0 Å². The summed E-state index contributed by atoms with van der Waals surface area (Å²) in [5.74, 6) is -3.00. The van der Waals surface area contributed by atoms with Gasteiger partial charge in [-0.1, -0.05) is 212 Å². The summed E-state index contributed by atoms with van der Waals surface area (Å²) in [5, 5.41) is 62.1. The molecule has 7 heterocycles. The zero-order valence-electron chi connectivity index (χ0n) is 84.9. The number of halogens is 10. The van der Waals surface area contributed by atoms with Crippen molar-refractivity contribution in [1.29, 1.82) is 0 Å². The Morgan fingerprint density at radius 2 is 0.752 bits per heavy atom. The van der Waals surface area contributed by atoms with Crippen LogP contribution >= 0.6 is 46.4 Å². The molecule has 9 aromatic carbocycles. The normalized spacial score (nSPS) is 19.0. The van der Waals surface area contributed by atoms with Crippen LogP contribution in [0.1, 0.15) is 223 Å². The molecule has 16 rings (SSSR count). The Kier molecular flexibility index (Phi) is 49.5. The number of nitrogens with zero attached hydrogens (tertiary/aromatic N) is 11. The number of benzene rings is 9. The number of alkyl carbamates (subject to hydrolysis) is 2. The summed E-state index contributed by atoms with van der Waals surface area (Å²) in [7, 11) is 1.00. The fourth-order valence-corrected chi connectivity index (χ4v) is 16.9. The first-order chi connectivity index (χ1) is 71.1. The van der Waals surface area contributed by atoms with E-state index in [1.807, 2.05) is 238 Å². The fourth-order valence-electron chi connectivity index (χ4n) is 16.9. The van der Waals surface area contributed by atoms with Crippen molar-refractivity contribution in [3.8, 4) is 22.9 Å². The predicted molar refractivity (Wildman–Crippen MR) is 559 cm³/mol. The van der Waals surface area contributed by atoms with E-state index in [2.05, 4.69) is 94.0 Å². The van der Waals surface area contributed by atoms with Crippen molar-refractivity contribution in [2.75, 3.05) is 50.5 Å². The molecule has 5 aliphatic heterocycles. The lowest BCUT2D eigenvalue weighted by Crippen LogP contribution is -2.52. The van der Waals surface area contributed by atoms with Crippen molar-refractivity contribution in [2.45, 2.75) is 236 Å². The van der Waals surface area contributed by atoms with E-state index in [-0.39, 0.29) is 125 Å². The first-order valence-electron chi connectivity index (χ1n) is 48.5. The average Bonchev–Trinajstić information content (AvgIpc) is 1.73. The summed E-state index contributed by atoms with van der Waals surface area (Å²) >= 11 is 19.1. The molecule has 0 bridgehead atoms. The van der Waals surface area contributed by atoms with E-state index < -0.39 is 53.0 Å². The van der Waals surface area contributed by atoms with Gasteiger partial charge in [-0.15, -0.1) is 56.6 Å². The van der Waals surface area contributed by atoms with Crippen LogP contribution in [0.5, 0.6) is 11.5 Å². The maximum Gasteiger partial charge on any atom is 0.453 e. The number of nitrogens with one attached hydrogen (secondary N) is 5. The molecule has 32 nitrogen and oxygen atoms in total. The number of likely N-dealkylation sites (tertiary alicyclic amines) is 3. The van der Waals surface area contributed by atoms with E-state index in [9.17, 15) is 65.3 Å². The highest BCUT2D eigenvalue weighted by Crippen LogP contribution is 2.39. The second-order valence-corrected chi connectivity index (χ2v) is 39.2. The molecule has 0 saturated carbocycles. The number of aliphatic hydroxyl groups is 1. The quantitative estimate of drug-likeness (QED) is 0.0175. The van der Waals surface area contributed by atoms with Gasteiger partial charge in [-0.2, -0.15) is 35.7 Å². The molecule has 10 atom stereocenters. The van der Waals surface area contributed by atoms with Crippen molar-refractivity contribution in [3.63, 3.8) is 0 Å². The highest BCUT2D eigenvalue weighted by atomic mass is 35.5. The van der Waals surface area contributed by atoms with Crippen molar-refractivity contribution in [2.24, 2.45) is 11.5 Å². The lowest BCUT2D eigenvalue weighted by atomic mass is 9.90. The molecule has 11 aromatic rings. The van der Waals surface area contributed by atoms with Crippen LogP contribution < -0.4 is 38.1 Å². The number of aliphatic hydroxyl groups excluding tert-OH is 1. The Morgan fingerprint density at radius 1 is 0.423 bits per heavy atom. The Bertz CT molecular complexity index is 5800. The Balaban J connectivity index is 0.000000220. The second kappa shape index (κ2) is 60.8. The zero-order valence-corrected chi connectivity index (χ0v) is 87.9. The van der Waals surface area contributed by atoms with E-state index in [1.54, 1.807) is 14.7 Å². The zero-order chi connectivity index (χ0) is 109. The molecule has 806 valence electrons. The van der Waals surface area contributed by atoms with Crippen LogP contribution in [0.2, 0.25) is 0 Å². The number of hydrogen-bond donors (Lipinski definition) is 10. The first-order valence-corrected chi connectivity index (χ1v) is 50.7. The lowest BCUT2D eigenvalue weighted by Gasteiger charge is -2.42. The smallest absolute Gasteiger partial charge is 0.453 e. The third-order valence-electron chi connectivity index (χ3n) is 23.3. The molecular weight excluding hydrogens is 2020 g/mol. The van der Waals surface area contributed by atoms with Gasteiger partial charge in [0.25, 0.3) is 11.6 Å². The van der Waals surface area contributed by atoms with Crippen molar-refractivity contribution in [1.82, 2.24) is 81.7 Å². The number of hydrogen-bond acceptors (Lipinski definition) is 25. The standard InChI is InChI=1S/C25H29F3N6O3.C24H30N2O4.C19H22N2O2.C16H24N2O2.C11H16N2.C9H5F3N4O2.2CH2Cl2.CH4O/c1-24(2,3)37-23(36)33-13-7-10-19(21(33)16-8-5-4-6-9-16)29-15-17-14-18(11-12-20(17)35)34-22(25(26,27)28)30-31-32-34;1-24(2,3)30-23(28)26-16-10-15-20(21(26)19-13-8-5-9-14-19)25-22(27)29-17-18-11-6-4-7-12-18;22-19(23-14-15-8-3-1-4-9-15)21-17-12-7-13-20-18(17)16-10-5-2-6-11-16;1-16(2,3)20-15(19)18-11-7-10-13(17)14(18)12-8-5-4-6-9-12;12-10-7-4-8-13-11(10)9-5-2-1-3-6-9;10-9(11,12)8-13-14-15-16(8)6-1-2-7(18)5(3-6)4-17;2*2-1-3;1-2/h4-6,8-9,11-12,14,19,21,29,35H,7,10,13,15H2,1-3H3;4-9,11-14,20-21H,10,15-17H2,1-3H3,(H,25,27);1-6,8-11,17-18,20H,7,12-14H2,(H,21,22);4-6,8-9,13-14H,7,10-11,17H2,1-3H3;1-3,5-6,10-11,13H,4,7-8,12H2;1-4,18H;2*1H2;2H,1H3/t19-,21-;20-,21-;17-,18-;13-,14-;10-,11-;;;;/m00000..../s1. The van der Waals surface area contributed by atoms with Crippen LogP contribution in [-0.4, -0.2) is 205 Å². The number of ether oxygens (including phenoxy) is 5. The van der Waals surface area contributed by atoms with Gasteiger partial charge in [0.1, 0.15) is 41.5 Å². The van der Waals surface area contributed by atoms with Crippen molar-refractivity contribution >= 4 is 83.2 Å². The number of carbonyl (C=O) groups is 6. The van der Waals surface area contributed by atoms with Crippen molar-refractivity contribution in [3.05, 3.63) is 310 Å². The van der Waals surface area contributed by atoms with E-state index in [4.69, 9.17) is 86.7 Å². The van der Waals surface area contributed by atoms with Crippen LogP contribution in [0.4, 0.5) is 50.3 Å². The third-order valence-corrected chi connectivity index (χ3v) is 23.3. The number of alkyl halides is 10. The van der Waals surface area contributed by atoms with Crippen LogP contribution in [0.3, 0.4) is 0 Å². The Morgan fingerprint density at radius 3 is 1.15 bits per heavy atom. The molecule has 0 unspecified atom stereocenters. The molecule has 149 heavy (non-hydrogen) atoms. The maximum atomic E-state index is 13.3. The highest BCUT2D eigenvalue weighted by molar-refractivity contribution is 6.41. The maximum absolute atomic E-state index is 13.3. The van der Waals surface area contributed by atoms with Crippen LogP contribution in [0.15, 0.2) is 249 Å². The van der Waals surface area contributed by atoms with Gasteiger partial charge in [0, 0.05) is 63.0 Å². The van der Waals surface area contributed by atoms with Crippen LogP contribution in [-0.2, 0) is 55.8 Å². The largest absolute Gasteiger partial charge is 0.508 e. The first kappa shape index (κ1) is 121. The summed E-state index contributed by atoms with van der Waals surface area (Å²) in [5.41, 5.74) is 18.1. The molecule has 5 fully saturated rings. The van der Waals surface area contributed by atoms with E-state index in [0.717, 1.165) is 124 Å². The van der Waals surface area contributed by atoms with E-state index in [1.165, 1.54) is 35.7 Å². The summed E-state index contributed by atoms with van der Waals surface area (Å²) in [6.45, 7) is 21.1.